The van der Waals surface area contributed by atoms with Crippen LogP contribution < -0.4 is 0 Å². The molecule has 3 saturated heterocycles. The maximum Gasteiger partial charge on any atom is 0.223 e. The number of likely N-dealkylation sites (tertiary alicyclic amines) is 1. The van der Waals surface area contributed by atoms with Crippen molar-refractivity contribution in [2.45, 2.75) is 99.8 Å². The third kappa shape index (κ3) is 3.35. The summed E-state index contributed by atoms with van der Waals surface area (Å²) in [6.07, 6.45) is 9.69. The van der Waals surface area contributed by atoms with Crippen LogP contribution in [0.15, 0.2) is 0 Å². The molecule has 1 aliphatic carbocycles. The van der Waals surface area contributed by atoms with Gasteiger partial charge in [0.25, 0.3) is 0 Å². The van der Waals surface area contributed by atoms with Crippen molar-refractivity contribution in [3.8, 4) is 0 Å². The summed E-state index contributed by atoms with van der Waals surface area (Å²) >= 11 is 2.73. The first-order chi connectivity index (χ1) is 10.8. The summed E-state index contributed by atoms with van der Waals surface area (Å²) in [6, 6.07) is 0.840. The normalized spacial score (nSPS) is 41.3. The molecule has 1 radical (unpaired) electrons. The van der Waals surface area contributed by atoms with E-state index in [2.05, 4.69) is 62.5 Å². The third-order valence-corrected chi connectivity index (χ3v) is 7.92. The molecule has 129 valence electrons. The Kier molecular flexibility index (Phi) is 5.13. The third-order valence-electron chi connectivity index (χ3n) is 6.79. The van der Waals surface area contributed by atoms with Crippen LogP contribution in [0.5, 0.6) is 0 Å². The van der Waals surface area contributed by atoms with Crippen molar-refractivity contribution >= 4 is 35.8 Å². The summed E-state index contributed by atoms with van der Waals surface area (Å²) in [7, 11) is 2.71. The minimum absolute atomic E-state index is 0.350. The zero-order chi connectivity index (χ0) is 16.8. The quantitative estimate of drug-likeness (QED) is 0.344. The maximum absolute atomic E-state index is 12.5. The van der Waals surface area contributed by atoms with Gasteiger partial charge >= 0.3 is 0 Å². The molecule has 1 saturated carbocycles. The van der Waals surface area contributed by atoms with Crippen LogP contribution in [0.25, 0.3) is 0 Å². The highest BCUT2D eigenvalue weighted by Crippen LogP contribution is 2.62. The Bertz CT molecular complexity index is 458. The van der Waals surface area contributed by atoms with E-state index in [-0.39, 0.29) is 0 Å². The Morgan fingerprint density at radius 3 is 2.52 bits per heavy atom. The fraction of sp³-hybridized carbons (Fsp3) is 0.947. The summed E-state index contributed by atoms with van der Waals surface area (Å²) in [5, 5.41) is 0.496. The fourth-order valence-corrected chi connectivity index (χ4v) is 7.45. The van der Waals surface area contributed by atoms with Gasteiger partial charge in [0.2, 0.25) is 5.91 Å². The molecule has 3 aliphatic heterocycles. The van der Waals surface area contributed by atoms with E-state index in [1.807, 2.05) is 0 Å². The lowest BCUT2D eigenvalue weighted by Gasteiger charge is -2.59. The predicted octanol–water partition coefficient (Wildman–Crippen LogP) is 5.02. The molecule has 1 amide bonds. The van der Waals surface area contributed by atoms with E-state index in [4.69, 9.17) is 0 Å². The van der Waals surface area contributed by atoms with Gasteiger partial charge in [0.05, 0.1) is 0 Å². The van der Waals surface area contributed by atoms with Gasteiger partial charge in [0, 0.05) is 18.5 Å². The van der Waals surface area contributed by atoms with Gasteiger partial charge in [-0.3, -0.25) is 4.79 Å². The Hall–Kier alpha value is 0.265. The van der Waals surface area contributed by atoms with Crippen molar-refractivity contribution in [1.82, 2.24) is 4.90 Å². The number of hydrogen-bond acceptors (Lipinski definition) is 1. The van der Waals surface area contributed by atoms with Crippen molar-refractivity contribution in [3.05, 3.63) is 0 Å². The lowest BCUT2D eigenvalue weighted by atomic mass is 9.27. The van der Waals surface area contributed by atoms with Gasteiger partial charge in [-0.2, -0.15) is 0 Å². The average molecular weight is 428 g/mol. The van der Waals surface area contributed by atoms with Crippen molar-refractivity contribution < 1.29 is 4.79 Å². The molecule has 3 heterocycles. The van der Waals surface area contributed by atoms with Crippen LogP contribution in [0.2, 0.25) is 5.31 Å². The van der Waals surface area contributed by atoms with E-state index in [1.165, 1.54) is 38.5 Å². The van der Waals surface area contributed by atoms with Crippen LogP contribution in [0.1, 0.15) is 79.1 Å². The number of fused-ring (bicyclic) bond motifs is 3. The average Bonchev–Trinajstić information content (AvgIpc) is 2.43. The molecule has 4 heteroatoms. The first kappa shape index (κ1) is 18.1. The molecule has 4 unspecified atom stereocenters. The van der Waals surface area contributed by atoms with Crippen molar-refractivity contribution in [3.63, 3.8) is 0 Å². The standard InChI is InChI=1S/C19H32BINO/c1-13(2)18-10-6-5-7-16-15(11-19(21,12-18)20-18)8-9-17(23)22(16)14(3)4/h13-16H,5-12H2,1-4H3. The maximum atomic E-state index is 12.5. The molecule has 23 heavy (non-hydrogen) atoms. The molecule has 4 atom stereocenters. The zero-order valence-electron chi connectivity index (χ0n) is 15.3. The molecule has 0 aromatic heterocycles. The monoisotopic (exact) mass is 428 g/mol. The summed E-state index contributed by atoms with van der Waals surface area (Å²) in [5.74, 6) is 1.86. The van der Waals surface area contributed by atoms with Crippen LogP contribution in [0.4, 0.5) is 0 Å². The van der Waals surface area contributed by atoms with Gasteiger partial charge in [-0.05, 0) is 54.7 Å². The minimum Gasteiger partial charge on any atom is -0.337 e. The van der Waals surface area contributed by atoms with E-state index in [0.29, 0.717) is 32.5 Å². The first-order valence-electron chi connectivity index (χ1n) is 9.63. The second-order valence-corrected chi connectivity index (χ2v) is 11.1. The number of amides is 1. The molecular formula is C19H32BINO. The van der Waals surface area contributed by atoms with Crippen LogP contribution in [-0.4, -0.2) is 33.5 Å². The highest BCUT2D eigenvalue weighted by atomic mass is 127. The van der Waals surface area contributed by atoms with Crippen LogP contribution in [0, 0.1) is 11.8 Å². The molecule has 0 aromatic carbocycles. The van der Waals surface area contributed by atoms with Crippen LogP contribution in [-0.2, 0) is 4.79 Å². The molecule has 0 spiro atoms. The van der Waals surface area contributed by atoms with Gasteiger partial charge < -0.3 is 4.90 Å². The van der Waals surface area contributed by atoms with Gasteiger partial charge in [-0.15, -0.1) is 0 Å². The number of carbonyl (C=O) groups excluding carboxylic acids is 1. The number of rotatable bonds is 2. The molecule has 2 bridgehead atoms. The van der Waals surface area contributed by atoms with Crippen molar-refractivity contribution in [2.24, 2.45) is 11.8 Å². The highest BCUT2D eigenvalue weighted by Gasteiger charge is 2.56. The van der Waals surface area contributed by atoms with Crippen LogP contribution in [0.3, 0.4) is 0 Å². The van der Waals surface area contributed by atoms with Gasteiger partial charge in [0.15, 0.2) is 0 Å². The first-order valence-corrected chi connectivity index (χ1v) is 10.7. The number of carbonyl (C=O) groups is 1. The Morgan fingerprint density at radius 1 is 1.22 bits per heavy atom. The number of hydrogen-bond donors (Lipinski definition) is 0. The van der Waals surface area contributed by atoms with E-state index in [9.17, 15) is 4.79 Å². The molecule has 4 fully saturated rings. The van der Waals surface area contributed by atoms with Crippen molar-refractivity contribution in [1.29, 1.82) is 0 Å². The van der Waals surface area contributed by atoms with Gasteiger partial charge in [0.1, 0.15) is 7.28 Å². The lowest BCUT2D eigenvalue weighted by molar-refractivity contribution is -0.141. The number of piperidine rings is 1. The van der Waals surface area contributed by atoms with Gasteiger partial charge in [-0.1, -0.05) is 61.0 Å². The van der Waals surface area contributed by atoms with Gasteiger partial charge in [-0.25, -0.2) is 0 Å². The minimum atomic E-state index is 0.350. The smallest absolute Gasteiger partial charge is 0.223 e. The second-order valence-electron chi connectivity index (χ2n) is 8.95. The summed E-state index contributed by atoms with van der Waals surface area (Å²) < 4.78 is 0.380. The fourth-order valence-electron chi connectivity index (χ4n) is 5.55. The van der Waals surface area contributed by atoms with Crippen molar-refractivity contribution in [2.75, 3.05) is 0 Å². The van der Waals surface area contributed by atoms with E-state index in [1.54, 1.807) is 0 Å². The van der Waals surface area contributed by atoms with E-state index in [0.717, 1.165) is 18.8 Å². The zero-order valence-corrected chi connectivity index (χ0v) is 17.4. The largest absolute Gasteiger partial charge is 0.337 e. The van der Waals surface area contributed by atoms with Crippen LogP contribution >= 0.6 is 22.6 Å². The SMILES string of the molecule is CC(C)N1C(=O)CCC2CC3(I)[B]C(C(C)C)(CCCCC21)C3. The second kappa shape index (κ2) is 6.53. The summed E-state index contributed by atoms with van der Waals surface area (Å²) in [5.41, 5.74) is 0. The number of nitrogens with zero attached hydrogens (tertiary/aromatic N) is 1. The summed E-state index contributed by atoms with van der Waals surface area (Å²) in [4.78, 5) is 14.7. The summed E-state index contributed by atoms with van der Waals surface area (Å²) in [6.45, 7) is 9.19. The molecule has 0 N–H and O–H groups in total. The topological polar surface area (TPSA) is 20.3 Å². The molecule has 4 rings (SSSR count). The highest BCUT2D eigenvalue weighted by molar-refractivity contribution is 14.1. The lowest BCUT2D eigenvalue weighted by Crippen LogP contribution is -2.59. The molecular weight excluding hydrogens is 396 g/mol. The molecule has 4 aliphatic rings. The molecule has 0 aromatic rings. The number of halogens is 1. The van der Waals surface area contributed by atoms with E-state index >= 15 is 0 Å². The predicted molar refractivity (Wildman–Crippen MR) is 106 cm³/mol. The Balaban J connectivity index is 1.80. The Labute approximate surface area is 156 Å². The molecule has 2 nitrogen and oxygen atoms in total. The van der Waals surface area contributed by atoms with E-state index < -0.39 is 0 Å². The Morgan fingerprint density at radius 2 is 1.91 bits per heavy atom. The number of alkyl halides is 1.